The summed E-state index contributed by atoms with van der Waals surface area (Å²) in [7, 11) is 0. The van der Waals surface area contributed by atoms with Gasteiger partial charge in [0.05, 0.1) is 31.1 Å². The van der Waals surface area contributed by atoms with Crippen LogP contribution in [0.15, 0.2) is 48.8 Å². The van der Waals surface area contributed by atoms with Gasteiger partial charge in [0.15, 0.2) is 0 Å². The predicted octanol–water partition coefficient (Wildman–Crippen LogP) is 1.67. The molecule has 1 aliphatic heterocycles. The molecule has 0 unspecified atom stereocenters. The molecule has 0 radical (unpaired) electrons. The lowest BCUT2D eigenvalue weighted by Gasteiger charge is -2.27. The summed E-state index contributed by atoms with van der Waals surface area (Å²) in [6.45, 7) is 4.57. The highest BCUT2D eigenvalue weighted by atomic mass is 16.5. The molecule has 0 atom stereocenters. The van der Waals surface area contributed by atoms with Gasteiger partial charge in [-0.1, -0.05) is 12.1 Å². The number of aromatic nitrogens is 4. The summed E-state index contributed by atoms with van der Waals surface area (Å²) >= 11 is 0. The van der Waals surface area contributed by atoms with Crippen molar-refractivity contribution in [3.05, 3.63) is 65.7 Å². The van der Waals surface area contributed by atoms with Gasteiger partial charge in [0, 0.05) is 32.0 Å². The Bertz CT molecular complexity index is 881. The number of hydrogen-bond donors (Lipinski definition) is 2. The Balaban J connectivity index is 1.32. The van der Waals surface area contributed by atoms with Gasteiger partial charge in [-0.3, -0.25) is 9.58 Å². The second kappa shape index (κ2) is 8.81. The third kappa shape index (κ3) is 4.65. The minimum absolute atomic E-state index is 0.0269. The summed E-state index contributed by atoms with van der Waals surface area (Å²) in [5, 5.41) is 16.7. The monoisotopic (exact) mass is 380 g/mol. The molecule has 28 heavy (non-hydrogen) atoms. The van der Waals surface area contributed by atoms with E-state index >= 15 is 0 Å². The van der Waals surface area contributed by atoms with Gasteiger partial charge in [0.1, 0.15) is 12.4 Å². The number of aliphatic hydroxyl groups is 1. The average molecular weight is 380 g/mol. The van der Waals surface area contributed by atoms with Gasteiger partial charge in [0.25, 0.3) is 0 Å². The van der Waals surface area contributed by atoms with Crippen LogP contribution in [-0.4, -0.2) is 49.5 Å². The smallest absolute Gasteiger partial charge is 0.222 e. The highest BCUT2D eigenvalue weighted by Gasteiger charge is 2.18. The Morgan fingerprint density at radius 2 is 1.93 bits per heavy atom. The highest BCUT2D eigenvalue weighted by Crippen LogP contribution is 2.18. The molecule has 8 nitrogen and oxygen atoms in total. The lowest BCUT2D eigenvalue weighted by atomic mass is 10.2. The van der Waals surface area contributed by atoms with Crippen molar-refractivity contribution in [3.63, 3.8) is 0 Å². The van der Waals surface area contributed by atoms with Crippen molar-refractivity contribution < 1.29 is 9.84 Å². The number of aliphatic hydroxyl groups excluding tert-OH is 1. The minimum Gasteiger partial charge on any atom is -0.491 e. The summed E-state index contributed by atoms with van der Waals surface area (Å²) in [6, 6.07) is 12.0. The second-order valence-corrected chi connectivity index (χ2v) is 6.70. The van der Waals surface area contributed by atoms with Crippen molar-refractivity contribution in [3.8, 4) is 5.75 Å². The standard InChI is InChI=1S/C20H24N6O2/c27-10-11-28-19-4-2-16(3-5-19)14-25-8-9-26-18(15-25)12-17(24-26)13-23-20-21-6-1-7-22-20/h1-7,12,27H,8-11,13-15H2,(H,21,22,23). The number of nitrogens with zero attached hydrogens (tertiary/aromatic N) is 5. The SMILES string of the molecule is OCCOc1ccc(CN2CCn3nc(CNc4ncccn4)cc3C2)cc1. The fraction of sp³-hybridized carbons (Fsp3) is 0.350. The number of fused-ring (bicyclic) bond motifs is 1. The number of benzene rings is 1. The molecule has 2 N–H and O–H groups in total. The van der Waals surface area contributed by atoms with Crippen molar-refractivity contribution in [2.24, 2.45) is 0 Å². The first-order chi connectivity index (χ1) is 13.8. The van der Waals surface area contributed by atoms with E-state index in [9.17, 15) is 0 Å². The van der Waals surface area contributed by atoms with Gasteiger partial charge < -0.3 is 15.2 Å². The van der Waals surface area contributed by atoms with Gasteiger partial charge in [-0.2, -0.15) is 5.10 Å². The van der Waals surface area contributed by atoms with Crippen molar-refractivity contribution in [2.45, 2.75) is 26.2 Å². The Labute approximate surface area is 163 Å². The van der Waals surface area contributed by atoms with Crippen LogP contribution in [0.3, 0.4) is 0 Å². The highest BCUT2D eigenvalue weighted by molar-refractivity contribution is 5.28. The maximum atomic E-state index is 8.82. The van der Waals surface area contributed by atoms with Gasteiger partial charge in [-0.05, 0) is 29.8 Å². The van der Waals surface area contributed by atoms with Crippen LogP contribution in [0.25, 0.3) is 0 Å². The Hall–Kier alpha value is -2.97. The van der Waals surface area contributed by atoms with E-state index in [1.54, 1.807) is 18.5 Å². The minimum atomic E-state index is 0.0269. The van der Waals surface area contributed by atoms with Gasteiger partial charge >= 0.3 is 0 Å². The van der Waals surface area contributed by atoms with Crippen molar-refractivity contribution in [2.75, 3.05) is 25.1 Å². The molecule has 3 heterocycles. The molecular weight excluding hydrogens is 356 g/mol. The topological polar surface area (TPSA) is 88.3 Å². The van der Waals surface area contributed by atoms with Gasteiger partial charge in [-0.25, -0.2) is 9.97 Å². The Morgan fingerprint density at radius 3 is 2.71 bits per heavy atom. The van der Waals surface area contributed by atoms with Crippen molar-refractivity contribution in [1.29, 1.82) is 0 Å². The molecule has 1 aliphatic rings. The molecule has 2 aromatic heterocycles. The van der Waals surface area contributed by atoms with Crippen LogP contribution in [0.4, 0.5) is 5.95 Å². The van der Waals surface area contributed by atoms with Crippen LogP contribution >= 0.6 is 0 Å². The van der Waals surface area contributed by atoms with Crippen LogP contribution in [0.2, 0.25) is 0 Å². The summed E-state index contributed by atoms with van der Waals surface area (Å²) in [5.74, 6) is 1.40. The van der Waals surface area contributed by atoms with Crippen LogP contribution in [-0.2, 0) is 26.2 Å². The fourth-order valence-electron chi connectivity index (χ4n) is 3.27. The Kier molecular flexibility index (Phi) is 5.79. The first-order valence-electron chi connectivity index (χ1n) is 9.41. The average Bonchev–Trinajstić information content (AvgIpc) is 3.15. The van der Waals surface area contributed by atoms with Crippen molar-refractivity contribution >= 4 is 5.95 Å². The summed E-state index contributed by atoms with van der Waals surface area (Å²) in [5.41, 5.74) is 3.46. The summed E-state index contributed by atoms with van der Waals surface area (Å²) < 4.78 is 7.50. The number of ether oxygens (including phenoxy) is 1. The van der Waals surface area contributed by atoms with E-state index in [-0.39, 0.29) is 6.61 Å². The number of rotatable bonds is 8. The van der Waals surface area contributed by atoms with E-state index in [1.807, 2.05) is 12.1 Å². The second-order valence-electron chi connectivity index (χ2n) is 6.70. The van der Waals surface area contributed by atoms with Gasteiger partial charge in [0.2, 0.25) is 5.95 Å². The molecule has 0 spiro atoms. The normalized spacial score (nSPS) is 13.9. The van der Waals surface area contributed by atoms with Crippen LogP contribution in [0.5, 0.6) is 5.75 Å². The molecule has 0 saturated heterocycles. The molecule has 3 aromatic rings. The van der Waals surface area contributed by atoms with E-state index in [4.69, 9.17) is 9.84 Å². The van der Waals surface area contributed by atoms with E-state index < -0.39 is 0 Å². The predicted molar refractivity (Wildman–Crippen MR) is 105 cm³/mol. The van der Waals surface area contributed by atoms with E-state index in [0.717, 1.165) is 37.6 Å². The first kappa shape index (κ1) is 18.4. The molecule has 0 aliphatic carbocycles. The van der Waals surface area contributed by atoms with E-state index in [2.05, 4.69) is 48.2 Å². The maximum Gasteiger partial charge on any atom is 0.222 e. The molecular formula is C20H24N6O2. The molecule has 1 aromatic carbocycles. The molecule has 0 fully saturated rings. The first-order valence-corrected chi connectivity index (χ1v) is 9.41. The summed E-state index contributed by atoms with van der Waals surface area (Å²) in [4.78, 5) is 10.8. The quantitative estimate of drug-likeness (QED) is 0.615. The molecule has 4 rings (SSSR count). The number of nitrogens with one attached hydrogen (secondary N) is 1. The molecule has 0 amide bonds. The third-order valence-electron chi connectivity index (χ3n) is 4.61. The zero-order valence-electron chi connectivity index (χ0n) is 15.7. The Morgan fingerprint density at radius 1 is 1.11 bits per heavy atom. The lowest BCUT2D eigenvalue weighted by Crippen LogP contribution is -2.33. The number of hydrogen-bond acceptors (Lipinski definition) is 7. The molecule has 8 heteroatoms. The van der Waals surface area contributed by atoms with Crippen LogP contribution in [0, 0.1) is 0 Å². The maximum absolute atomic E-state index is 8.82. The fourth-order valence-corrected chi connectivity index (χ4v) is 3.27. The molecule has 0 bridgehead atoms. The van der Waals surface area contributed by atoms with Crippen LogP contribution < -0.4 is 10.1 Å². The van der Waals surface area contributed by atoms with Crippen LogP contribution in [0.1, 0.15) is 17.0 Å². The molecule has 0 saturated carbocycles. The largest absolute Gasteiger partial charge is 0.491 e. The zero-order chi connectivity index (χ0) is 19.2. The van der Waals surface area contributed by atoms with Gasteiger partial charge in [-0.15, -0.1) is 0 Å². The molecule has 146 valence electrons. The van der Waals surface area contributed by atoms with E-state index in [0.29, 0.717) is 19.1 Å². The third-order valence-corrected chi connectivity index (χ3v) is 4.61. The number of anilines is 1. The van der Waals surface area contributed by atoms with E-state index in [1.165, 1.54) is 11.3 Å². The van der Waals surface area contributed by atoms with Crippen molar-refractivity contribution in [1.82, 2.24) is 24.6 Å². The summed E-state index contributed by atoms with van der Waals surface area (Å²) in [6.07, 6.45) is 3.44. The zero-order valence-corrected chi connectivity index (χ0v) is 15.7. The lowest BCUT2D eigenvalue weighted by molar-refractivity contribution is 0.200.